The molecule has 2 nitrogen and oxygen atoms in total. The average molecular weight is 185 g/mol. The van der Waals surface area contributed by atoms with Crippen LogP contribution < -0.4 is 4.90 Å². The molecule has 0 spiro atoms. The van der Waals surface area contributed by atoms with E-state index >= 15 is 0 Å². The summed E-state index contributed by atoms with van der Waals surface area (Å²) in [5.41, 5.74) is 1.11. The molecule has 0 aromatic carbocycles. The minimum atomic E-state index is 0.545. The van der Waals surface area contributed by atoms with Crippen LogP contribution in [0.3, 0.4) is 0 Å². The molecule has 1 aromatic rings. The Balaban J connectivity index is 2.68. The van der Waals surface area contributed by atoms with Gasteiger partial charge < -0.3 is 4.90 Å². The fourth-order valence-electron chi connectivity index (χ4n) is 1.06. The monoisotopic (exact) mass is 184 g/mol. The van der Waals surface area contributed by atoms with Crippen LogP contribution in [0.15, 0.2) is 18.3 Å². The van der Waals surface area contributed by atoms with Crippen LogP contribution in [0, 0.1) is 0 Å². The van der Waals surface area contributed by atoms with Crippen LogP contribution in [-0.2, 0) is 0 Å². The molecule has 1 rings (SSSR count). The predicted octanol–water partition coefficient (Wildman–Crippen LogP) is 2.58. The Morgan fingerprint density at radius 3 is 2.75 bits per heavy atom. The topological polar surface area (TPSA) is 16.1 Å². The summed E-state index contributed by atoms with van der Waals surface area (Å²) in [6.07, 6.45) is 2.93. The molecule has 0 saturated carbocycles. The fourth-order valence-corrected chi connectivity index (χ4v) is 1.17. The molecule has 0 aliphatic rings. The summed E-state index contributed by atoms with van der Waals surface area (Å²) in [6, 6.07) is 3.79. The molecule has 0 amide bonds. The van der Waals surface area contributed by atoms with E-state index in [1.54, 1.807) is 6.20 Å². The number of halogens is 1. The third-order valence-corrected chi connectivity index (χ3v) is 1.94. The standard InChI is InChI=1S/C9H13ClN2/c1-3-6-12(2)8-4-5-9(10)11-7-8/h4-5,7H,3,6H2,1-2H3. The lowest BCUT2D eigenvalue weighted by atomic mass is 10.3. The molecule has 0 atom stereocenters. The number of hydrogen-bond acceptors (Lipinski definition) is 2. The Kier molecular flexibility index (Phi) is 3.35. The molecule has 0 radical (unpaired) electrons. The Bertz CT molecular complexity index is 233. The van der Waals surface area contributed by atoms with Crippen molar-refractivity contribution in [1.29, 1.82) is 0 Å². The number of aromatic nitrogens is 1. The van der Waals surface area contributed by atoms with Gasteiger partial charge in [-0.2, -0.15) is 0 Å². The molecular formula is C9H13ClN2. The highest BCUT2D eigenvalue weighted by molar-refractivity contribution is 6.29. The Labute approximate surface area is 78.2 Å². The van der Waals surface area contributed by atoms with Gasteiger partial charge >= 0.3 is 0 Å². The first kappa shape index (κ1) is 9.33. The van der Waals surface area contributed by atoms with Crippen molar-refractivity contribution in [3.05, 3.63) is 23.5 Å². The molecule has 0 bridgehead atoms. The molecule has 1 heterocycles. The van der Waals surface area contributed by atoms with E-state index < -0.39 is 0 Å². The van der Waals surface area contributed by atoms with Crippen LogP contribution in [0.5, 0.6) is 0 Å². The molecule has 1 aromatic heterocycles. The zero-order chi connectivity index (χ0) is 8.97. The number of hydrogen-bond donors (Lipinski definition) is 0. The van der Waals surface area contributed by atoms with E-state index in [-0.39, 0.29) is 0 Å². The molecule has 66 valence electrons. The Hall–Kier alpha value is -0.760. The zero-order valence-electron chi connectivity index (χ0n) is 7.42. The Morgan fingerprint density at radius 2 is 2.25 bits per heavy atom. The van der Waals surface area contributed by atoms with E-state index in [2.05, 4.69) is 23.9 Å². The third-order valence-electron chi connectivity index (χ3n) is 1.71. The minimum Gasteiger partial charge on any atom is -0.373 e. The van der Waals surface area contributed by atoms with Crippen molar-refractivity contribution in [2.45, 2.75) is 13.3 Å². The van der Waals surface area contributed by atoms with Crippen molar-refractivity contribution in [3.63, 3.8) is 0 Å². The van der Waals surface area contributed by atoms with Gasteiger partial charge in [-0.25, -0.2) is 4.98 Å². The molecule has 12 heavy (non-hydrogen) atoms. The van der Waals surface area contributed by atoms with Gasteiger partial charge in [0.05, 0.1) is 11.9 Å². The van der Waals surface area contributed by atoms with Gasteiger partial charge in [-0.15, -0.1) is 0 Å². The van der Waals surface area contributed by atoms with Gasteiger partial charge in [-0.1, -0.05) is 18.5 Å². The van der Waals surface area contributed by atoms with Gasteiger partial charge in [-0.05, 0) is 18.6 Å². The molecule has 3 heteroatoms. The summed E-state index contributed by atoms with van der Waals surface area (Å²) in [5, 5.41) is 0.545. The first-order valence-electron chi connectivity index (χ1n) is 4.06. The highest BCUT2D eigenvalue weighted by atomic mass is 35.5. The molecule has 0 saturated heterocycles. The number of nitrogens with zero attached hydrogens (tertiary/aromatic N) is 2. The number of anilines is 1. The van der Waals surface area contributed by atoms with Gasteiger partial charge in [0.1, 0.15) is 5.15 Å². The predicted molar refractivity (Wildman–Crippen MR) is 52.8 cm³/mol. The number of pyridine rings is 1. The first-order valence-corrected chi connectivity index (χ1v) is 4.44. The SMILES string of the molecule is CCCN(C)c1ccc(Cl)nc1. The van der Waals surface area contributed by atoms with Crippen molar-refractivity contribution in [3.8, 4) is 0 Å². The zero-order valence-corrected chi connectivity index (χ0v) is 8.17. The highest BCUT2D eigenvalue weighted by Crippen LogP contribution is 2.13. The lowest BCUT2D eigenvalue weighted by molar-refractivity contribution is 0.850. The summed E-state index contributed by atoms with van der Waals surface area (Å²) in [5.74, 6) is 0. The molecule has 0 unspecified atom stereocenters. The lowest BCUT2D eigenvalue weighted by Gasteiger charge is -2.17. The van der Waals surface area contributed by atoms with Crippen LogP contribution in [0.4, 0.5) is 5.69 Å². The normalized spacial score (nSPS) is 9.92. The van der Waals surface area contributed by atoms with E-state index in [1.807, 2.05) is 12.1 Å². The third kappa shape index (κ3) is 2.38. The van der Waals surface area contributed by atoms with Crippen LogP contribution in [0.2, 0.25) is 5.15 Å². The van der Waals surface area contributed by atoms with Crippen molar-refractivity contribution < 1.29 is 0 Å². The second-order valence-corrected chi connectivity index (χ2v) is 3.15. The summed E-state index contributed by atoms with van der Waals surface area (Å²) in [6.45, 7) is 3.20. The second kappa shape index (κ2) is 4.31. The van der Waals surface area contributed by atoms with E-state index in [1.165, 1.54) is 0 Å². The molecule has 0 fully saturated rings. The molecule has 0 N–H and O–H groups in total. The van der Waals surface area contributed by atoms with Gasteiger partial charge in [0, 0.05) is 13.6 Å². The molecule has 0 aliphatic heterocycles. The number of rotatable bonds is 3. The van der Waals surface area contributed by atoms with Crippen molar-refractivity contribution in [2.75, 3.05) is 18.5 Å². The summed E-state index contributed by atoms with van der Waals surface area (Å²) in [4.78, 5) is 6.16. The van der Waals surface area contributed by atoms with Crippen LogP contribution in [0.25, 0.3) is 0 Å². The molecular weight excluding hydrogens is 172 g/mol. The fraction of sp³-hybridized carbons (Fsp3) is 0.444. The van der Waals surface area contributed by atoms with Gasteiger partial charge in [0.2, 0.25) is 0 Å². The second-order valence-electron chi connectivity index (χ2n) is 2.76. The van der Waals surface area contributed by atoms with E-state index in [0.29, 0.717) is 5.15 Å². The van der Waals surface area contributed by atoms with Crippen molar-refractivity contribution >= 4 is 17.3 Å². The highest BCUT2D eigenvalue weighted by Gasteiger charge is 1.98. The lowest BCUT2D eigenvalue weighted by Crippen LogP contribution is -2.17. The van der Waals surface area contributed by atoms with E-state index in [4.69, 9.17) is 11.6 Å². The van der Waals surface area contributed by atoms with Crippen molar-refractivity contribution in [2.24, 2.45) is 0 Å². The first-order chi connectivity index (χ1) is 5.74. The van der Waals surface area contributed by atoms with Crippen LogP contribution >= 0.6 is 11.6 Å². The quantitative estimate of drug-likeness (QED) is 0.672. The average Bonchev–Trinajstić information content (AvgIpc) is 2.06. The largest absolute Gasteiger partial charge is 0.373 e. The van der Waals surface area contributed by atoms with E-state index in [0.717, 1.165) is 18.7 Å². The maximum atomic E-state index is 5.66. The van der Waals surface area contributed by atoms with Crippen LogP contribution in [-0.4, -0.2) is 18.6 Å². The van der Waals surface area contributed by atoms with Crippen LogP contribution in [0.1, 0.15) is 13.3 Å². The summed E-state index contributed by atoms with van der Waals surface area (Å²) >= 11 is 5.66. The summed E-state index contributed by atoms with van der Waals surface area (Å²) in [7, 11) is 2.05. The molecule has 0 aliphatic carbocycles. The van der Waals surface area contributed by atoms with Crippen molar-refractivity contribution in [1.82, 2.24) is 4.98 Å². The Morgan fingerprint density at radius 1 is 1.50 bits per heavy atom. The van der Waals surface area contributed by atoms with E-state index in [9.17, 15) is 0 Å². The minimum absolute atomic E-state index is 0.545. The summed E-state index contributed by atoms with van der Waals surface area (Å²) < 4.78 is 0. The smallest absolute Gasteiger partial charge is 0.129 e. The van der Waals surface area contributed by atoms with Gasteiger partial charge in [-0.3, -0.25) is 0 Å². The maximum Gasteiger partial charge on any atom is 0.129 e. The van der Waals surface area contributed by atoms with Gasteiger partial charge in [0.25, 0.3) is 0 Å². The maximum absolute atomic E-state index is 5.66. The van der Waals surface area contributed by atoms with Gasteiger partial charge in [0.15, 0.2) is 0 Å².